The van der Waals surface area contributed by atoms with Crippen LogP contribution in [0.1, 0.15) is 0 Å². The number of aryl methyl sites for hydroxylation is 1. The molecule has 0 atom stereocenters. The molecular weight excluding hydrogens is 299 g/mol. The lowest BCUT2D eigenvalue weighted by atomic mass is 10.5. The van der Waals surface area contributed by atoms with Crippen LogP contribution in [0.4, 0.5) is 0 Å². The van der Waals surface area contributed by atoms with Crippen molar-refractivity contribution in [3.63, 3.8) is 0 Å². The molecule has 6 nitrogen and oxygen atoms in total. The Morgan fingerprint density at radius 2 is 1.93 bits per heavy atom. The molecule has 0 radical (unpaired) electrons. The zero-order chi connectivity index (χ0) is 10.5. The van der Waals surface area contributed by atoms with Crippen LogP contribution in [-0.4, -0.2) is 19.1 Å². The van der Waals surface area contributed by atoms with E-state index in [4.69, 9.17) is 0 Å². The maximum Gasteiger partial charge on any atom is 0.332 e. The van der Waals surface area contributed by atoms with Crippen molar-refractivity contribution in [2.75, 3.05) is 0 Å². The summed E-state index contributed by atoms with van der Waals surface area (Å²) in [6, 6.07) is 0. The molecule has 7 heteroatoms. The van der Waals surface area contributed by atoms with Crippen molar-refractivity contribution in [2.24, 2.45) is 14.1 Å². The van der Waals surface area contributed by atoms with Crippen molar-refractivity contribution in [1.29, 1.82) is 0 Å². The number of halogens is 1. The number of nitrogens with zero attached hydrogens (tertiary/aromatic N) is 3. The van der Waals surface area contributed by atoms with Gasteiger partial charge in [0.25, 0.3) is 5.56 Å². The molecule has 0 fully saturated rings. The highest BCUT2D eigenvalue weighted by Gasteiger charge is 2.11. The predicted molar refractivity (Wildman–Crippen MR) is 59.3 cm³/mol. The zero-order valence-electron chi connectivity index (χ0n) is 7.54. The highest BCUT2D eigenvalue weighted by Crippen LogP contribution is 2.05. The average Bonchev–Trinajstić information content (AvgIpc) is 2.54. The van der Waals surface area contributed by atoms with Crippen molar-refractivity contribution in [1.82, 2.24) is 19.1 Å². The Bertz CT molecular complexity index is 621. The molecular formula is C7H7IN4O2. The number of rotatable bonds is 0. The highest BCUT2D eigenvalue weighted by atomic mass is 127. The lowest BCUT2D eigenvalue weighted by molar-refractivity contribution is 0.708. The van der Waals surface area contributed by atoms with E-state index in [-0.39, 0.29) is 11.2 Å². The third kappa shape index (κ3) is 1.11. The van der Waals surface area contributed by atoms with Gasteiger partial charge in [-0.05, 0) is 22.6 Å². The summed E-state index contributed by atoms with van der Waals surface area (Å²) in [4.78, 5) is 29.9. The minimum absolute atomic E-state index is 0.349. The molecule has 2 aromatic rings. The summed E-state index contributed by atoms with van der Waals surface area (Å²) in [6.07, 6.45) is 0. The van der Waals surface area contributed by atoms with Crippen LogP contribution >= 0.6 is 22.6 Å². The lowest BCUT2D eigenvalue weighted by Crippen LogP contribution is -2.36. The molecule has 2 rings (SSSR count). The molecule has 2 aromatic heterocycles. The normalized spacial score (nSPS) is 11.1. The largest absolute Gasteiger partial charge is 0.332 e. The van der Waals surface area contributed by atoms with E-state index in [2.05, 4.69) is 9.97 Å². The van der Waals surface area contributed by atoms with Gasteiger partial charge in [0, 0.05) is 14.1 Å². The van der Waals surface area contributed by atoms with Crippen LogP contribution in [0.2, 0.25) is 0 Å². The molecule has 0 saturated carbocycles. The minimum atomic E-state index is -0.370. The lowest BCUT2D eigenvalue weighted by Gasteiger charge is -2.00. The van der Waals surface area contributed by atoms with E-state index in [0.717, 1.165) is 4.57 Å². The van der Waals surface area contributed by atoms with Gasteiger partial charge in [0.2, 0.25) is 0 Å². The van der Waals surface area contributed by atoms with E-state index in [1.54, 1.807) is 7.05 Å². The second kappa shape index (κ2) is 2.94. The molecule has 0 saturated heterocycles. The van der Waals surface area contributed by atoms with Crippen molar-refractivity contribution >= 4 is 33.8 Å². The predicted octanol–water partition coefficient (Wildman–Crippen LogP) is -0.435. The number of aromatic nitrogens is 4. The van der Waals surface area contributed by atoms with E-state index in [1.807, 2.05) is 22.6 Å². The molecule has 2 heterocycles. The fourth-order valence-electron chi connectivity index (χ4n) is 1.30. The van der Waals surface area contributed by atoms with Crippen LogP contribution in [0.15, 0.2) is 9.59 Å². The van der Waals surface area contributed by atoms with Gasteiger partial charge >= 0.3 is 5.69 Å². The molecule has 74 valence electrons. The molecule has 0 amide bonds. The number of hydrogen-bond donors (Lipinski definition) is 1. The van der Waals surface area contributed by atoms with Gasteiger partial charge in [-0.1, -0.05) is 0 Å². The van der Waals surface area contributed by atoms with Crippen LogP contribution in [0.3, 0.4) is 0 Å². The van der Waals surface area contributed by atoms with Crippen LogP contribution < -0.4 is 11.2 Å². The van der Waals surface area contributed by atoms with Gasteiger partial charge in [0.15, 0.2) is 15.0 Å². The summed E-state index contributed by atoms with van der Waals surface area (Å²) in [6.45, 7) is 0. The van der Waals surface area contributed by atoms with Gasteiger partial charge in [-0.3, -0.25) is 13.9 Å². The Morgan fingerprint density at radius 1 is 1.29 bits per heavy atom. The Morgan fingerprint density at radius 3 is 2.57 bits per heavy atom. The fraction of sp³-hybridized carbons (Fsp3) is 0.286. The zero-order valence-corrected chi connectivity index (χ0v) is 9.69. The molecule has 0 unspecified atom stereocenters. The molecule has 0 aliphatic carbocycles. The van der Waals surface area contributed by atoms with E-state index in [0.29, 0.717) is 15.0 Å². The fourth-order valence-corrected chi connectivity index (χ4v) is 1.80. The Labute approximate surface area is 91.7 Å². The summed E-state index contributed by atoms with van der Waals surface area (Å²) < 4.78 is 2.99. The standard InChI is InChI=1S/C7H7IN4O2/c1-11-4-3(9-6(8)10-4)5(13)12(2)7(11)14/h1-2H3,(H,9,10). The number of H-pyrrole nitrogens is 1. The van der Waals surface area contributed by atoms with Gasteiger partial charge in [-0.2, -0.15) is 0 Å². The monoisotopic (exact) mass is 306 g/mol. The first-order valence-electron chi connectivity index (χ1n) is 3.83. The molecule has 0 bridgehead atoms. The average molecular weight is 306 g/mol. The molecule has 1 N–H and O–H groups in total. The summed E-state index contributed by atoms with van der Waals surface area (Å²) in [5, 5.41) is 0. The molecule has 0 spiro atoms. The maximum atomic E-state index is 11.6. The molecule has 0 aliphatic heterocycles. The number of imidazole rings is 1. The van der Waals surface area contributed by atoms with Crippen molar-refractivity contribution in [3.8, 4) is 0 Å². The third-order valence-electron chi connectivity index (χ3n) is 2.07. The second-order valence-corrected chi connectivity index (χ2v) is 3.95. The number of hydrogen-bond acceptors (Lipinski definition) is 3. The van der Waals surface area contributed by atoms with Gasteiger partial charge in [0.1, 0.15) is 0 Å². The third-order valence-corrected chi connectivity index (χ3v) is 2.58. The smallest absolute Gasteiger partial charge is 0.327 e. The van der Waals surface area contributed by atoms with Gasteiger partial charge in [0.05, 0.1) is 0 Å². The van der Waals surface area contributed by atoms with E-state index in [9.17, 15) is 9.59 Å². The van der Waals surface area contributed by atoms with Gasteiger partial charge in [-0.15, -0.1) is 0 Å². The van der Waals surface area contributed by atoms with E-state index >= 15 is 0 Å². The Hall–Kier alpha value is -1.12. The summed E-state index contributed by atoms with van der Waals surface area (Å²) in [7, 11) is 3.03. The van der Waals surface area contributed by atoms with Crippen molar-refractivity contribution in [3.05, 3.63) is 24.7 Å². The summed E-state index contributed by atoms with van der Waals surface area (Å²) in [5.41, 5.74) is 0.0328. The summed E-state index contributed by atoms with van der Waals surface area (Å²) >= 11 is 1.96. The van der Waals surface area contributed by atoms with Crippen molar-refractivity contribution < 1.29 is 0 Å². The second-order valence-electron chi connectivity index (χ2n) is 2.93. The van der Waals surface area contributed by atoms with Crippen LogP contribution in [0.25, 0.3) is 11.2 Å². The number of aromatic amines is 1. The van der Waals surface area contributed by atoms with Gasteiger partial charge in [-0.25, -0.2) is 9.78 Å². The van der Waals surface area contributed by atoms with E-state index < -0.39 is 0 Å². The molecule has 0 aromatic carbocycles. The summed E-state index contributed by atoms with van der Waals surface area (Å²) in [5.74, 6) is 0. The highest BCUT2D eigenvalue weighted by molar-refractivity contribution is 14.1. The number of nitrogens with one attached hydrogen (secondary N) is 1. The quantitative estimate of drug-likeness (QED) is 0.530. The maximum absolute atomic E-state index is 11.6. The Kier molecular flexibility index (Phi) is 1.98. The van der Waals surface area contributed by atoms with Crippen LogP contribution in [-0.2, 0) is 14.1 Å². The first kappa shape index (κ1) is 9.44. The SMILES string of the molecule is Cn1c(=O)c2[nH]c(I)nc2n(C)c1=O. The Balaban J connectivity index is 3.17. The first-order chi connectivity index (χ1) is 6.52. The van der Waals surface area contributed by atoms with Crippen LogP contribution in [0.5, 0.6) is 0 Å². The first-order valence-corrected chi connectivity index (χ1v) is 4.91. The number of fused-ring (bicyclic) bond motifs is 1. The minimum Gasteiger partial charge on any atom is -0.327 e. The van der Waals surface area contributed by atoms with E-state index in [1.165, 1.54) is 11.6 Å². The van der Waals surface area contributed by atoms with Gasteiger partial charge < -0.3 is 4.98 Å². The van der Waals surface area contributed by atoms with Crippen molar-refractivity contribution in [2.45, 2.75) is 0 Å². The molecule has 14 heavy (non-hydrogen) atoms. The van der Waals surface area contributed by atoms with Crippen LogP contribution in [0, 0.1) is 3.83 Å². The molecule has 0 aliphatic rings. The topological polar surface area (TPSA) is 72.7 Å².